The first kappa shape index (κ1) is 10.0. The number of carbonyl (C=O) groups excluding carboxylic acids is 1. The van der Waals surface area contributed by atoms with Crippen LogP contribution in [0, 0.1) is 13.8 Å². The highest BCUT2D eigenvalue weighted by atomic mass is 35.5. The van der Waals surface area contributed by atoms with Gasteiger partial charge in [-0.2, -0.15) is 0 Å². The van der Waals surface area contributed by atoms with E-state index in [1.165, 1.54) is 17.2 Å². The minimum Gasteiger partial charge on any atom is -0.299 e. The maximum atomic E-state index is 10.2. The van der Waals surface area contributed by atoms with Crippen LogP contribution in [0.2, 0.25) is 0 Å². The smallest absolute Gasteiger partial charge is 0.144 e. The first-order valence-electron chi connectivity index (χ1n) is 4.03. The summed E-state index contributed by atoms with van der Waals surface area (Å²) in [7, 11) is 0. The third-order valence-corrected chi connectivity index (χ3v) is 2.34. The topological polar surface area (TPSA) is 17.1 Å². The van der Waals surface area contributed by atoms with Crippen LogP contribution in [0.4, 0.5) is 0 Å². The van der Waals surface area contributed by atoms with Gasteiger partial charge in [-0.1, -0.05) is 29.8 Å². The van der Waals surface area contributed by atoms with Crippen LogP contribution in [0.5, 0.6) is 0 Å². The van der Waals surface area contributed by atoms with Crippen LogP contribution in [-0.2, 0) is 4.79 Å². The van der Waals surface area contributed by atoms with Gasteiger partial charge in [0.05, 0.1) is 5.03 Å². The number of aldehydes is 1. The second-order valence-corrected chi connectivity index (χ2v) is 3.36. The fraction of sp³-hybridized carbons (Fsp3) is 0.182. The molecule has 2 heteroatoms. The number of aryl methyl sites for hydroxylation is 2. The normalized spacial score (nSPS) is 11.5. The Labute approximate surface area is 83.0 Å². The highest BCUT2D eigenvalue weighted by Gasteiger charge is 1.99. The maximum Gasteiger partial charge on any atom is 0.144 e. The van der Waals surface area contributed by atoms with Crippen molar-refractivity contribution in [1.82, 2.24) is 0 Å². The third-order valence-electron chi connectivity index (χ3n) is 2.00. The van der Waals surface area contributed by atoms with Crippen LogP contribution in [0.25, 0.3) is 5.03 Å². The van der Waals surface area contributed by atoms with E-state index in [9.17, 15) is 4.79 Å². The monoisotopic (exact) mass is 194 g/mol. The van der Waals surface area contributed by atoms with E-state index in [2.05, 4.69) is 0 Å². The summed E-state index contributed by atoms with van der Waals surface area (Å²) in [5.41, 5.74) is 3.28. The van der Waals surface area contributed by atoms with Crippen molar-refractivity contribution >= 4 is 22.9 Å². The summed E-state index contributed by atoms with van der Waals surface area (Å²) >= 11 is 5.86. The van der Waals surface area contributed by atoms with Gasteiger partial charge in [-0.15, -0.1) is 0 Å². The third kappa shape index (κ3) is 2.43. The Balaban J connectivity index is 3.10. The SMILES string of the molecule is Cc1ccc(C(Cl)=CC=O)cc1C. The summed E-state index contributed by atoms with van der Waals surface area (Å²) in [6.07, 6.45) is 2.04. The molecule has 0 fully saturated rings. The number of hydrogen-bond acceptors (Lipinski definition) is 1. The van der Waals surface area contributed by atoms with Gasteiger partial charge in [0.2, 0.25) is 0 Å². The Hall–Kier alpha value is -1.08. The van der Waals surface area contributed by atoms with E-state index in [1.807, 2.05) is 32.0 Å². The van der Waals surface area contributed by atoms with Gasteiger partial charge in [-0.05, 0) is 36.6 Å². The molecule has 0 atom stereocenters. The van der Waals surface area contributed by atoms with Gasteiger partial charge < -0.3 is 0 Å². The molecule has 1 rings (SSSR count). The standard InChI is InChI=1S/C11H11ClO/c1-8-3-4-10(7-9(8)2)11(12)5-6-13/h3-7H,1-2H3. The van der Waals surface area contributed by atoms with Crippen LogP contribution in [0.15, 0.2) is 24.3 Å². The van der Waals surface area contributed by atoms with Crippen molar-refractivity contribution in [3.05, 3.63) is 41.0 Å². The molecule has 1 aromatic rings. The number of benzene rings is 1. The summed E-state index contributed by atoms with van der Waals surface area (Å²) in [4.78, 5) is 10.2. The maximum absolute atomic E-state index is 10.2. The molecule has 0 amide bonds. The van der Waals surface area contributed by atoms with E-state index < -0.39 is 0 Å². The molecule has 0 radical (unpaired) electrons. The Morgan fingerprint density at radius 1 is 1.31 bits per heavy atom. The van der Waals surface area contributed by atoms with Crippen LogP contribution >= 0.6 is 11.6 Å². The van der Waals surface area contributed by atoms with Gasteiger partial charge in [0.15, 0.2) is 0 Å². The molecule has 0 N–H and O–H groups in total. The number of hydrogen-bond donors (Lipinski definition) is 0. The first-order chi connectivity index (χ1) is 6.15. The Morgan fingerprint density at radius 2 is 2.00 bits per heavy atom. The molecule has 68 valence electrons. The van der Waals surface area contributed by atoms with E-state index in [-0.39, 0.29) is 0 Å². The molecule has 0 unspecified atom stereocenters. The van der Waals surface area contributed by atoms with E-state index in [0.717, 1.165) is 5.56 Å². The number of rotatable bonds is 2. The molecule has 0 heterocycles. The zero-order valence-corrected chi connectivity index (χ0v) is 8.43. The molecule has 13 heavy (non-hydrogen) atoms. The zero-order valence-electron chi connectivity index (χ0n) is 7.67. The molecular weight excluding hydrogens is 184 g/mol. The van der Waals surface area contributed by atoms with Gasteiger partial charge in [-0.3, -0.25) is 4.79 Å². The highest BCUT2D eigenvalue weighted by Crippen LogP contribution is 2.20. The molecule has 0 bridgehead atoms. The highest BCUT2D eigenvalue weighted by molar-refractivity contribution is 6.49. The second kappa shape index (κ2) is 4.24. The number of halogens is 1. The van der Waals surface area contributed by atoms with Gasteiger partial charge in [-0.25, -0.2) is 0 Å². The van der Waals surface area contributed by atoms with E-state index >= 15 is 0 Å². The van der Waals surface area contributed by atoms with Crippen molar-refractivity contribution in [2.75, 3.05) is 0 Å². The molecule has 0 spiro atoms. The predicted octanol–water partition coefficient (Wildman–Crippen LogP) is 3.08. The van der Waals surface area contributed by atoms with Crippen LogP contribution in [0.1, 0.15) is 16.7 Å². The summed E-state index contributed by atoms with van der Waals surface area (Å²) in [6.45, 7) is 4.06. The van der Waals surface area contributed by atoms with Crippen molar-refractivity contribution in [2.45, 2.75) is 13.8 Å². The van der Waals surface area contributed by atoms with E-state index in [1.54, 1.807) is 0 Å². The van der Waals surface area contributed by atoms with Crippen LogP contribution in [0.3, 0.4) is 0 Å². The Bertz CT molecular complexity index is 353. The summed E-state index contributed by atoms with van der Waals surface area (Å²) in [5.74, 6) is 0. The van der Waals surface area contributed by atoms with Gasteiger partial charge in [0.1, 0.15) is 6.29 Å². The quantitative estimate of drug-likeness (QED) is 0.523. The average molecular weight is 195 g/mol. The van der Waals surface area contributed by atoms with Crippen molar-refractivity contribution < 1.29 is 4.79 Å². The van der Waals surface area contributed by atoms with Crippen molar-refractivity contribution in [2.24, 2.45) is 0 Å². The lowest BCUT2D eigenvalue weighted by molar-refractivity contribution is -0.104. The minimum atomic E-state index is 0.484. The summed E-state index contributed by atoms with van der Waals surface area (Å²) in [5, 5.41) is 0.484. The largest absolute Gasteiger partial charge is 0.299 e. The fourth-order valence-electron chi connectivity index (χ4n) is 1.05. The Morgan fingerprint density at radius 3 is 2.54 bits per heavy atom. The molecule has 0 saturated heterocycles. The number of allylic oxidation sites excluding steroid dienone is 1. The molecule has 0 aliphatic rings. The summed E-state index contributed by atoms with van der Waals surface area (Å²) < 4.78 is 0. The molecular formula is C11H11ClO. The lowest BCUT2D eigenvalue weighted by atomic mass is 10.1. The molecule has 0 aliphatic heterocycles. The molecule has 0 aliphatic carbocycles. The predicted molar refractivity (Wildman–Crippen MR) is 55.8 cm³/mol. The van der Waals surface area contributed by atoms with Gasteiger partial charge >= 0.3 is 0 Å². The van der Waals surface area contributed by atoms with Gasteiger partial charge in [0.25, 0.3) is 0 Å². The van der Waals surface area contributed by atoms with Crippen molar-refractivity contribution in [3.63, 3.8) is 0 Å². The van der Waals surface area contributed by atoms with E-state index in [4.69, 9.17) is 11.6 Å². The van der Waals surface area contributed by atoms with Crippen molar-refractivity contribution in [3.8, 4) is 0 Å². The lowest BCUT2D eigenvalue weighted by Gasteiger charge is -2.02. The van der Waals surface area contributed by atoms with E-state index in [0.29, 0.717) is 11.3 Å². The summed E-state index contributed by atoms with van der Waals surface area (Å²) in [6, 6.07) is 5.87. The molecule has 1 aromatic carbocycles. The zero-order chi connectivity index (χ0) is 9.84. The molecule has 1 nitrogen and oxygen atoms in total. The molecule has 0 saturated carbocycles. The first-order valence-corrected chi connectivity index (χ1v) is 4.41. The number of carbonyl (C=O) groups is 1. The molecule has 0 aromatic heterocycles. The van der Waals surface area contributed by atoms with Crippen molar-refractivity contribution in [1.29, 1.82) is 0 Å². The fourth-order valence-corrected chi connectivity index (χ4v) is 1.21. The second-order valence-electron chi connectivity index (χ2n) is 2.95. The van der Waals surface area contributed by atoms with Gasteiger partial charge in [0, 0.05) is 0 Å². The lowest BCUT2D eigenvalue weighted by Crippen LogP contribution is -1.84. The minimum absolute atomic E-state index is 0.484. The van der Waals surface area contributed by atoms with Crippen LogP contribution in [-0.4, -0.2) is 6.29 Å². The Kier molecular flexibility index (Phi) is 3.26. The van der Waals surface area contributed by atoms with Crippen LogP contribution < -0.4 is 0 Å². The average Bonchev–Trinajstić information content (AvgIpc) is 2.10.